The predicted molar refractivity (Wildman–Crippen MR) is 54.8 cm³/mol. The molecule has 0 heterocycles. The Morgan fingerprint density at radius 1 is 1.45 bits per heavy atom. The van der Waals surface area contributed by atoms with E-state index in [9.17, 15) is 0 Å². The van der Waals surface area contributed by atoms with Crippen LogP contribution in [0.1, 0.15) is 33.1 Å². The summed E-state index contributed by atoms with van der Waals surface area (Å²) in [4.78, 5) is 0. The summed E-state index contributed by atoms with van der Waals surface area (Å²) in [6, 6.07) is 0. The highest BCUT2D eigenvalue weighted by Gasteiger charge is 2.06. The molecule has 0 saturated heterocycles. The second-order valence-electron chi connectivity index (χ2n) is 3.32. The summed E-state index contributed by atoms with van der Waals surface area (Å²) < 4.78 is 0. The van der Waals surface area contributed by atoms with Crippen LogP contribution >= 0.6 is 15.9 Å². The molecule has 0 rings (SSSR count). The highest BCUT2D eigenvalue weighted by Crippen LogP contribution is 2.16. The van der Waals surface area contributed by atoms with Gasteiger partial charge in [0.25, 0.3) is 0 Å². The minimum Gasteiger partial charge on any atom is -0.120 e. The van der Waals surface area contributed by atoms with Crippen molar-refractivity contribution in [2.75, 3.05) is 5.33 Å². The quantitative estimate of drug-likeness (QED) is 0.488. The third-order valence-electron chi connectivity index (χ3n) is 1.68. The van der Waals surface area contributed by atoms with Crippen LogP contribution in [0.5, 0.6) is 0 Å². The lowest BCUT2D eigenvalue weighted by molar-refractivity contribution is 0.461. The van der Waals surface area contributed by atoms with E-state index in [1.54, 1.807) is 0 Å². The fourth-order valence-electron chi connectivity index (χ4n) is 1.16. The molecule has 0 aromatic heterocycles. The topological polar surface area (TPSA) is 0 Å². The summed E-state index contributed by atoms with van der Waals surface area (Å²) in [7, 11) is 0. The molecule has 1 heteroatoms. The van der Waals surface area contributed by atoms with E-state index in [4.69, 9.17) is 6.42 Å². The lowest BCUT2D eigenvalue weighted by atomic mass is 9.94. The van der Waals surface area contributed by atoms with Crippen molar-refractivity contribution in [2.45, 2.75) is 33.1 Å². The average molecular weight is 217 g/mol. The molecule has 0 amide bonds. The van der Waals surface area contributed by atoms with Crippen LogP contribution in [-0.2, 0) is 0 Å². The van der Waals surface area contributed by atoms with Crippen LogP contribution in [0.15, 0.2) is 0 Å². The van der Waals surface area contributed by atoms with E-state index in [2.05, 4.69) is 35.7 Å². The second kappa shape index (κ2) is 6.73. The summed E-state index contributed by atoms with van der Waals surface area (Å²) in [6.45, 7) is 4.44. The van der Waals surface area contributed by atoms with Crippen LogP contribution in [0, 0.1) is 24.2 Å². The van der Waals surface area contributed by atoms with E-state index in [1.807, 2.05) is 0 Å². The molecule has 1 unspecified atom stereocenters. The average Bonchev–Trinajstić information content (AvgIpc) is 1.97. The molecule has 64 valence electrons. The van der Waals surface area contributed by atoms with Gasteiger partial charge in [0, 0.05) is 11.2 Å². The van der Waals surface area contributed by atoms with Crippen molar-refractivity contribution in [3.05, 3.63) is 0 Å². The van der Waals surface area contributed by atoms with Crippen LogP contribution in [0.25, 0.3) is 0 Å². The Morgan fingerprint density at radius 2 is 2.09 bits per heavy atom. The first-order valence-electron chi connectivity index (χ1n) is 4.22. The van der Waals surface area contributed by atoms with Gasteiger partial charge in [-0.25, -0.2) is 0 Å². The van der Waals surface area contributed by atoms with Gasteiger partial charge in [-0.3, -0.25) is 0 Å². The third kappa shape index (κ3) is 6.44. The van der Waals surface area contributed by atoms with Gasteiger partial charge < -0.3 is 0 Å². The molecular formula is C10H17Br. The van der Waals surface area contributed by atoms with E-state index < -0.39 is 0 Å². The van der Waals surface area contributed by atoms with Gasteiger partial charge in [-0.2, -0.15) is 0 Å². The Kier molecular flexibility index (Phi) is 6.76. The van der Waals surface area contributed by atoms with Crippen molar-refractivity contribution in [3.63, 3.8) is 0 Å². The van der Waals surface area contributed by atoms with Gasteiger partial charge in [0.15, 0.2) is 0 Å². The van der Waals surface area contributed by atoms with Crippen molar-refractivity contribution in [2.24, 2.45) is 11.8 Å². The number of terminal acetylenes is 1. The van der Waals surface area contributed by atoms with Crippen LogP contribution in [0.3, 0.4) is 0 Å². The largest absolute Gasteiger partial charge is 0.120 e. The first-order chi connectivity index (χ1) is 5.20. The van der Waals surface area contributed by atoms with Crippen LogP contribution in [0.2, 0.25) is 0 Å². The minimum atomic E-state index is 0.493. The lowest BCUT2D eigenvalue weighted by Gasteiger charge is -2.11. The normalized spacial score (nSPS) is 13.0. The monoisotopic (exact) mass is 216 g/mol. The van der Waals surface area contributed by atoms with Crippen LogP contribution < -0.4 is 0 Å². The maximum atomic E-state index is 5.40. The van der Waals surface area contributed by atoms with Gasteiger partial charge in [-0.05, 0) is 25.2 Å². The number of rotatable bonds is 5. The second-order valence-corrected chi connectivity index (χ2v) is 4.12. The van der Waals surface area contributed by atoms with E-state index >= 15 is 0 Å². The standard InChI is InChI=1S/C10H17Br/c1-4-10(6-5-7-11)8-9(2)3/h1,9-10H,5-8H2,2-3H3. The number of hydrogen-bond donors (Lipinski definition) is 0. The first-order valence-corrected chi connectivity index (χ1v) is 5.35. The van der Waals surface area contributed by atoms with Gasteiger partial charge in [0.1, 0.15) is 0 Å². The summed E-state index contributed by atoms with van der Waals surface area (Å²) in [5, 5.41) is 1.07. The molecule has 0 aliphatic rings. The SMILES string of the molecule is C#CC(CCCBr)CC(C)C. The Morgan fingerprint density at radius 3 is 2.45 bits per heavy atom. The molecule has 0 radical (unpaired) electrons. The summed E-state index contributed by atoms with van der Waals surface area (Å²) >= 11 is 3.40. The number of alkyl halides is 1. The molecule has 0 spiro atoms. The summed E-state index contributed by atoms with van der Waals surface area (Å²) in [5.41, 5.74) is 0. The van der Waals surface area contributed by atoms with Gasteiger partial charge in [0.05, 0.1) is 0 Å². The summed E-state index contributed by atoms with van der Waals surface area (Å²) in [6.07, 6.45) is 8.93. The third-order valence-corrected chi connectivity index (χ3v) is 2.24. The molecule has 1 atom stereocenters. The van der Waals surface area contributed by atoms with Gasteiger partial charge in [-0.15, -0.1) is 12.3 Å². The molecule has 0 fully saturated rings. The Labute approximate surface area is 78.9 Å². The number of halogens is 1. The summed E-state index contributed by atoms with van der Waals surface area (Å²) in [5.74, 6) is 4.07. The zero-order chi connectivity index (χ0) is 8.69. The fraction of sp³-hybridized carbons (Fsp3) is 0.800. The van der Waals surface area contributed by atoms with Crippen molar-refractivity contribution in [1.29, 1.82) is 0 Å². The van der Waals surface area contributed by atoms with Crippen molar-refractivity contribution in [3.8, 4) is 12.3 Å². The van der Waals surface area contributed by atoms with Crippen molar-refractivity contribution >= 4 is 15.9 Å². The maximum absolute atomic E-state index is 5.40. The molecule has 0 aliphatic carbocycles. The van der Waals surface area contributed by atoms with E-state index in [-0.39, 0.29) is 0 Å². The van der Waals surface area contributed by atoms with Gasteiger partial charge in [0.2, 0.25) is 0 Å². The molecule has 0 aromatic carbocycles. The van der Waals surface area contributed by atoms with Crippen molar-refractivity contribution < 1.29 is 0 Å². The maximum Gasteiger partial charge on any atom is 0.0203 e. The number of hydrogen-bond acceptors (Lipinski definition) is 0. The van der Waals surface area contributed by atoms with E-state index in [0.717, 1.165) is 11.2 Å². The minimum absolute atomic E-state index is 0.493. The lowest BCUT2D eigenvalue weighted by Crippen LogP contribution is -2.02. The molecule has 0 aromatic rings. The molecular weight excluding hydrogens is 200 g/mol. The van der Waals surface area contributed by atoms with E-state index in [1.165, 1.54) is 19.3 Å². The smallest absolute Gasteiger partial charge is 0.0203 e. The van der Waals surface area contributed by atoms with Crippen LogP contribution in [0.4, 0.5) is 0 Å². The molecule has 11 heavy (non-hydrogen) atoms. The molecule has 0 N–H and O–H groups in total. The fourth-order valence-corrected chi connectivity index (χ4v) is 1.49. The van der Waals surface area contributed by atoms with Gasteiger partial charge >= 0.3 is 0 Å². The molecule has 0 bridgehead atoms. The first kappa shape index (κ1) is 11.0. The predicted octanol–water partition coefficient (Wildman–Crippen LogP) is 3.46. The van der Waals surface area contributed by atoms with E-state index in [0.29, 0.717) is 5.92 Å². The Balaban J connectivity index is 3.52. The van der Waals surface area contributed by atoms with Crippen molar-refractivity contribution in [1.82, 2.24) is 0 Å². The molecule has 0 nitrogen and oxygen atoms in total. The zero-order valence-electron chi connectivity index (χ0n) is 7.44. The molecule has 0 saturated carbocycles. The van der Waals surface area contributed by atoms with Crippen LogP contribution in [-0.4, -0.2) is 5.33 Å². The zero-order valence-corrected chi connectivity index (χ0v) is 9.02. The molecule has 0 aliphatic heterocycles. The highest BCUT2D eigenvalue weighted by molar-refractivity contribution is 9.09. The highest BCUT2D eigenvalue weighted by atomic mass is 79.9. The van der Waals surface area contributed by atoms with Gasteiger partial charge in [-0.1, -0.05) is 29.8 Å². The Hall–Kier alpha value is 0.0400. The Bertz CT molecular complexity index is 121.